The van der Waals surface area contributed by atoms with Crippen LogP contribution in [0.5, 0.6) is 0 Å². The van der Waals surface area contributed by atoms with E-state index >= 15 is 0 Å². The molecule has 2 N–H and O–H groups in total. The summed E-state index contributed by atoms with van der Waals surface area (Å²) in [4.78, 5) is 18.6. The molecule has 0 aliphatic carbocycles. The normalized spacial score (nSPS) is 11.9. The summed E-state index contributed by atoms with van der Waals surface area (Å²) in [6, 6.07) is 47.2. The van der Waals surface area contributed by atoms with Crippen molar-refractivity contribution in [1.29, 1.82) is 0 Å². The van der Waals surface area contributed by atoms with Crippen molar-refractivity contribution in [3.8, 4) is 56.9 Å². The Hall–Kier alpha value is -6.61. The van der Waals surface area contributed by atoms with Gasteiger partial charge in [-0.2, -0.15) is 12.6 Å². The van der Waals surface area contributed by atoms with E-state index in [4.69, 9.17) is 16.4 Å². The lowest BCUT2D eigenvalue weighted by molar-refractivity contribution is 0.557. The highest BCUT2D eigenvalue weighted by molar-refractivity contribution is 7.80. The van der Waals surface area contributed by atoms with Gasteiger partial charge in [-0.1, -0.05) is 154 Å². The van der Waals surface area contributed by atoms with Crippen LogP contribution in [0.25, 0.3) is 90.9 Å². The number of unbranched alkanes of at least 4 members (excludes halogenated alkanes) is 9. The van der Waals surface area contributed by atoms with Crippen molar-refractivity contribution in [2.45, 2.75) is 70.6 Å². The van der Waals surface area contributed by atoms with Gasteiger partial charge in [-0.25, -0.2) is 9.97 Å². The van der Waals surface area contributed by atoms with Gasteiger partial charge in [0, 0.05) is 49.9 Å². The van der Waals surface area contributed by atoms with Crippen LogP contribution < -0.4 is 0 Å². The van der Waals surface area contributed by atoms with Gasteiger partial charge in [0.25, 0.3) is 0 Å². The van der Waals surface area contributed by atoms with Gasteiger partial charge in [-0.15, -0.1) is 6.42 Å². The molecule has 7 aromatic rings. The summed E-state index contributed by atoms with van der Waals surface area (Å²) in [5.74, 6) is 3.79. The summed E-state index contributed by atoms with van der Waals surface area (Å²) in [6.45, 7) is 0. The van der Waals surface area contributed by atoms with Gasteiger partial charge in [0.2, 0.25) is 0 Å². The van der Waals surface area contributed by atoms with E-state index < -0.39 is 0 Å². The second kappa shape index (κ2) is 20.1. The van der Waals surface area contributed by atoms with Crippen molar-refractivity contribution in [3.05, 3.63) is 167 Å². The second-order valence-corrected chi connectivity index (χ2v) is 17.1. The molecule has 4 aromatic carbocycles. The maximum Gasteiger partial charge on any atom is 0.0737 e. The second-order valence-electron chi connectivity index (χ2n) is 16.7. The highest BCUT2D eigenvalue weighted by Gasteiger charge is 2.19. The fourth-order valence-electron chi connectivity index (χ4n) is 9.06. The zero-order valence-electron chi connectivity index (χ0n) is 35.9. The van der Waals surface area contributed by atoms with E-state index in [0.717, 1.165) is 107 Å². The number of hydrogen-bond donors (Lipinski definition) is 3. The number of benzene rings is 4. The van der Waals surface area contributed by atoms with Crippen molar-refractivity contribution < 1.29 is 0 Å². The van der Waals surface area contributed by atoms with Gasteiger partial charge in [-0.05, 0) is 114 Å². The Balaban J connectivity index is 1.17. The lowest BCUT2D eigenvalue weighted by Gasteiger charge is -2.08. The number of terminal acetylenes is 1. The number of H-pyrrole nitrogens is 2. The predicted molar refractivity (Wildman–Crippen MR) is 272 cm³/mol. The Morgan fingerprint density at radius 3 is 1.13 bits per heavy atom. The number of hydrogen-bond acceptors (Lipinski definition) is 3. The predicted octanol–water partition coefficient (Wildman–Crippen LogP) is 15.7. The van der Waals surface area contributed by atoms with Crippen molar-refractivity contribution in [2.75, 3.05) is 5.75 Å². The van der Waals surface area contributed by atoms with Gasteiger partial charge < -0.3 is 9.97 Å². The van der Waals surface area contributed by atoms with Crippen molar-refractivity contribution >= 4 is 59.0 Å². The average Bonchev–Trinajstić information content (AvgIpc) is 4.18. The van der Waals surface area contributed by atoms with Crippen molar-refractivity contribution in [3.63, 3.8) is 0 Å². The van der Waals surface area contributed by atoms with Crippen LogP contribution in [0.4, 0.5) is 0 Å². The van der Waals surface area contributed by atoms with E-state index in [0.29, 0.717) is 0 Å². The molecule has 2 aliphatic rings. The molecule has 9 rings (SSSR count). The smallest absolute Gasteiger partial charge is 0.0737 e. The van der Waals surface area contributed by atoms with E-state index in [1.54, 1.807) is 0 Å². The number of aromatic nitrogens is 4. The third-order valence-corrected chi connectivity index (χ3v) is 12.7. The summed E-state index contributed by atoms with van der Waals surface area (Å²) < 4.78 is 0. The average molecular weight is 839 g/mol. The van der Waals surface area contributed by atoms with Gasteiger partial charge >= 0.3 is 0 Å². The van der Waals surface area contributed by atoms with Gasteiger partial charge in [-0.3, -0.25) is 0 Å². The quantitative estimate of drug-likeness (QED) is 0.0516. The molecule has 0 unspecified atom stereocenters. The molecule has 312 valence electrons. The van der Waals surface area contributed by atoms with E-state index in [9.17, 15) is 0 Å². The lowest BCUT2D eigenvalue weighted by Crippen LogP contribution is -1.90. The molecule has 3 aromatic heterocycles. The van der Waals surface area contributed by atoms with E-state index in [-0.39, 0.29) is 0 Å². The fraction of sp³-hybridized carbons (Fsp3) is 0.207. The Kier molecular flexibility index (Phi) is 13.3. The Morgan fingerprint density at radius 1 is 0.397 bits per heavy atom. The van der Waals surface area contributed by atoms with E-state index in [1.807, 2.05) is 12.1 Å². The van der Waals surface area contributed by atoms with Crippen LogP contribution in [0, 0.1) is 12.3 Å². The molecule has 63 heavy (non-hydrogen) atoms. The topological polar surface area (TPSA) is 57.4 Å². The highest BCUT2D eigenvalue weighted by Crippen LogP contribution is 2.38. The molecule has 0 saturated carbocycles. The fourth-order valence-corrected chi connectivity index (χ4v) is 9.28. The first-order valence-corrected chi connectivity index (χ1v) is 23.3. The summed E-state index contributed by atoms with van der Waals surface area (Å²) in [7, 11) is 0. The molecule has 0 atom stereocenters. The summed E-state index contributed by atoms with van der Waals surface area (Å²) in [6.07, 6.45) is 28.7. The van der Waals surface area contributed by atoms with Gasteiger partial charge in [0.1, 0.15) is 0 Å². The third kappa shape index (κ3) is 9.58. The highest BCUT2D eigenvalue weighted by atomic mass is 32.1. The molecule has 5 heteroatoms. The minimum absolute atomic E-state index is 0.834. The molecule has 0 amide bonds. The maximum absolute atomic E-state index is 5.79. The van der Waals surface area contributed by atoms with Gasteiger partial charge in [0.15, 0.2) is 0 Å². The number of aryl methyl sites for hydroxylation is 1. The van der Waals surface area contributed by atoms with E-state index in [1.165, 1.54) is 69.8 Å². The molecule has 2 aliphatic heterocycles. The monoisotopic (exact) mass is 838 g/mol. The number of aromatic amines is 2. The zero-order valence-corrected chi connectivity index (χ0v) is 36.8. The van der Waals surface area contributed by atoms with Crippen LogP contribution in [0.1, 0.15) is 98.1 Å². The molecule has 0 spiro atoms. The van der Waals surface area contributed by atoms with Crippen LogP contribution in [-0.4, -0.2) is 25.7 Å². The summed E-state index contributed by atoms with van der Waals surface area (Å²) in [5, 5.41) is 0. The van der Waals surface area contributed by atoms with Crippen molar-refractivity contribution in [2.24, 2.45) is 0 Å². The number of fused-ring (bicyclic) bond motifs is 8. The number of nitrogens with one attached hydrogen (secondary N) is 2. The van der Waals surface area contributed by atoms with Crippen LogP contribution in [0.2, 0.25) is 0 Å². The first-order valence-electron chi connectivity index (χ1n) is 22.7. The minimum atomic E-state index is 0.834. The summed E-state index contributed by atoms with van der Waals surface area (Å²) >= 11 is 4.34. The number of thiol groups is 1. The number of nitrogens with zero attached hydrogens (tertiary/aromatic N) is 2. The van der Waals surface area contributed by atoms with E-state index in [2.05, 4.69) is 174 Å². The first kappa shape index (κ1) is 41.7. The molecular formula is C58H54N4S. The zero-order chi connectivity index (χ0) is 42.8. The SMILES string of the molecule is C#Cc1ccc(-c2c3nc(c(-c4ccccc4)c4ccc([nH]4)c(-c4ccc(CCCCCCCCCCCCS)cc4)c4nc(c(-c5ccccc5)c5ccc2[nH]5)C=C4)C=C3)cc1. The molecule has 4 nitrogen and oxygen atoms in total. The van der Waals surface area contributed by atoms with Crippen LogP contribution >= 0.6 is 12.6 Å². The molecule has 0 radical (unpaired) electrons. The Labute approximate surface area is 377 Å². The summed E-state index contributed by atoms with van der Waals surface area (Å²) in [5.41, 5.74) is 18.1. The molecule has 0 saturated heterocycles. The lowest BCUT2D eigenvalue weighted by atomic mass is 9.99. The standard InChI is InChI=1S/C58H54N4S/c1-2-41-24-28-45(29-25-41)57-51-36-32-47(59-51)55(43-20-14-11-15-21-43)49-34-38-53(61-49)58(46-30-26-42(27-31-46)19-13-9-7-5-3-4-6-8-10-18-40-63)54-39-35-50(62-54)56(44-22-16-12-17-23-44)48-33-37-52(57)60-48/h1,11-12,14-17,20-39,59,62-63H,3-10,13,18-19,40H2. The van der Waals surface area contributed by atoms with Crippen molar-refractivity contribution in [1.82, 2.24) is 19.9 Å². The van der Waals surface area contributed by atoms with Crippen LogP contribution in [0.15, 0.2) is 133 Å². The third-order valence-electron chi connectivity index (χ3n) is 12.3. The Morgan fingerprint density at radius 2 is 0.746 bits per heavy atom. The molecule has 0 fully saturated rings. The first-order chi connectivity index (χ1) is 31.2. The molecule has 5 heterocycles. The maximum atomic E-state index is 5.79. The largest absolute Gasteiger partial charge is 0.354 e. The van der Waals surface area contributed by atoms with Crippen LogP contribution in [0.3, 0.4) is 0 Å². The molecule has 8 bridgehead atoms. The minimum Gasteiger partial charge on any atom is -0.354 e. The molecular weight excluding hydrogens is 785 g/mol. The van der Waals surface area contributed by atoms with Gasteiger partial charge in [0.05, 0.1) is 22.8 Å². The van der Waals surface area contributed by atoms with Crippen LogP contribution in [-0.2, 0) is 6.42 Å². The number of rotatable bonds is 16. The Bertz CT molecular complexity index is 2910.